The normalized spacial score (nSPS) is 10.2. The van der Waals surface area contributed by atoms with Gasteiger partial charge in [0, 0.05) is 20.6 Å². The van der Waals surface area contributed by atoms with Crippen LogP contribution in [0.15, 0.2) is 45.3 Å². The highest BCUT2D eigenvalue weighted by atomic mass is 79.9. The highest BCUT2D eigenvalue weighted by Gasteiger charge is 2.17. The van der Waals surface area contributed by atoms with Crippen molar-refractivity contribution in [3.63, 3.8) is 0 Å². The lowest BCUT2D eigenvalue weighted by Crippen LogP contribution is -2.13. The molecule has 0 atom stereocenters. The van der Waals surface area contributed by atoms with Crippen LogP contribution < -0.4 is 5.32 Å². The molecule has 1 amide bonds. The smallest absolute Gasteiger partial charge is 0.288 e. The molecule has 8 heteroatoms. The summed E-state index contributed by atoms with van der Waals surface area (Å²) in [5.74, 6) is -0.470. The van der Waals surface area contributed by atoms with E-state index >= 15 is 0 Å². The summed E-state index contributed by atoms with van der Waals surface area (Å²) in [7, 11) is 0. The Bertz CT molecular complexity index is 717. The minimum Gasteiger partial charge on any atom is -0.320 e. The Morgan fingerprint density at radius 1 is 1.19 bits per heavy atom. The maximum Gasteiger partial charge on any atom is 0.288 e. The second kappa shape index (κ2) is 6.55. The first-order chi connectivity index (χ1) is 9.90. The number of nitrogens with zero attached hydrogens (tertiary/aromatic N) is 1. The van der Waals surface area contributed by atoms with Gasteiger partial charge in [0.25, 0.3) is 11.6 Å². The van der Waals surface area contributed by atoms with Crippen molar-refractivity contribution < 1.29 is 9.72 Å². The van der Waals surface area contributed by atoms with Gasteiger partial charge < -0.3 is 5.32 Å². The zero-order valence-corrected chi connectivity index (χ0v) is 14.2. The Balaban J connectivity index is 2.33. The number of hydrogen-bond acceptors (Lipinski definition) is 3. The van der Waals surface area contributed by atoms with Crippen molar-refractivity contribution in [2.75, 3.05) is 5.32 Å². The summed E-state index contributed by atoms with van der Waals surface area (Å²) in [5.41, 5.74) is 0.379. The van der Waals surface area contributed by atoms with Crippen molar-refractivity contribution in [1.29, 1.82) is 0 Å². The molecule has 2 aromatic rings. The molecular formula is C13H7Br2ClN2O3. The molecule has 0 spiro atoms. The van der Waals surface area contributed by atoms with Crippen molar-refractivity contribution in [3.05, 3.63) is 66.0 Å². The van der Waals surface area contributed by atoms with Gasteiger partial charge in [-0.1, -0.05) is 17.7 Å². The number of para-hydroxylation sites is 1. The maximum absolute atomic E-state index is 12.2. The van der Waals surface area contributed by atoms with Crippen LogP contribution in [-0.4, -0.2) is 10.8 Å². The van der Waals surface area contributed by atoms with Gasteiger partial charge in [0.1, 0.15) is 5.02 Å². The quantitative estimate of drug-likeness (QED) is 0.544. The molecular weight excluding hydrogens is 427 g/mol. The van der Waals surface area contributed by atoms with E-state index in [-0.39, 0.29) is 16.3 Å². The average molecular weight is 434 g/mol. The number of nitrogens with one attached hydrogen (secondary N) is 1. The van der Waals surface area contributed by atoms with E-state index in [1.54, 1.807) is 18.2 Å². The third-order valence-corrected chi connectivity index (χ3v) is 4.25. The van der Waals surface area contributed by atoms with Gasteiger partial charge >= 0.3 is 0 Å². The number of carbonyl (C=O) groups is 1. The first kappa shape index (κ1) is 15.9. The number of amides is 1. The Hall–Kier alpha value is -1.44. The number of hydrogen-bond donors (Lipinski definition) is 1. The van der Waals surface area contributed by atoms with Crippen LogP contribution >= 0.6 is 43.5 Å². The van der Waals surface area contributed by atoms with E-state index in [4.69, 9.17) is 11.6 Å². The predicted octanol–water partition coefficient (Wildman–Crippen LogP) is 5.03. The number of halogens is 3. The fraction of sp³-hybridized carbons (Fsp3) is 0. The molecule has 0 heterocycles. The van der Waals surface area contributed by atoms with E-state index in [0.717, 1.165) is 6.07 Å². The topological polar surface area (TPSA) is 72.2 Å². The Morgan fingerprint density at radius 2 is 1.81 bits per heavy atom. The lowest BCUT2D eigenvalue weighted by atomic mass is 10.2. The Labute approximate surface area is 141 Å². The monoisotopic (exact) mass is 432 g/mol. The largest absolute Gasteiger partial charge is 0.320 e. The fourth-order valence-corrected chi connectivity index (χ4v) is 2.98. The van der Waals surface area contributed by atoms with Gasteiger partial charge in [0.2, 0.25) is 0 Å². The molecule has 0 saturated heterocycles. The third kappa shape index (κ3) is 3.61. The number of carbonyl (C=O) groups excluding carboxylic acids is 1. The Kier molecular flexibility index (Phi) is 4.97. The standard InChI is InChI=1S/C13H7Br2ClN2O3/c14-8-2-1-3-9(15)12(8)17-13(19)7-4-5-10(16)11(6-7)18(20)21/h1-6H,(H,17,19). The molecule has 0 unspecified atom stereocenters. The molecule has 0 fully saturated rings. The van der Waals surface area contributed by atoms with Crippen LogP contribution in [0.5, 0.6) is 0 Å². The average Bonchev–Trinajstić information content (AvgIpc) is 2.43. The van der Waals surface area contributed by atoms with E-state index in [1.165, 1.54) is 12.1 Å². The van der Waals surface area contributed by atoms with Gasteiger partial charge in [0.05, 0.1) is 10.6 Å². The van der Waals surface area contributed by atoms with Crippen LogP contribution in [0.1, 0.15) is 10.4 Å². The summed E-state index contributed by atoms with van der Waals surface area (Å²) in [6.07, 6.45) is 0. The van der Waals surface area contributed by atoms with Gasteiger partial charge in [-0.05, 0) is 56.1 Å². The first-order valence-corrected chi connectivity index (χ1v) is 7.56. The van der Waals surface area contributed by atoms with Crippen LogP contribution in [0.3, 0.4) is 0 Å². The number of anilines is 1. The SMILES string of the molecule is O=C(Nc1c(Br)cccc1Br)c1ccc(Cl)c([N+](=O)[O-])c1. The third-order valence-electron chi connectivity index (χ3n) is 2.61. The zero-order chi connectivity index (χ0) is 15.6. The molecule has 0 saturated carbocycles. The predicted molar refractivity (Wildman–Crippen MR) is 87.9 cm³/mol. The summed E-state index contributed by atoms with van der Waals surface area (Å²) < 4.78 is 1.38. The van der Waals surface area contributed by atoms with Crippen molar-refractivity contribution >= 4 is 60.7 Å². The lowest BCUT2D eigenvalue weighted by molar-refractivity contribution is -0.384. The van der Waals surface area contributed by atoms with E-state index in [1.807, 2.05) is 0 Å². The maximum atomic E-state index is 12.2. The zero-order valence-electron chi connectivity index (χ0n) is 10.3. The molecule has 5 nitrogen and oxygen atoms in total. The van der Waals surface area contributed by atoms with Crippen LogP contribution in [0.25, 0.3) is 0 Å². The molecule has 0 radical (unpaired) electrons. The molecule has 0 aliphatic rings. The van der Waals surface area contributed by atoms with Crippen molar-refractivity contribution in [3.8, 4) is 0 Å². The summed E-state index contributed by atoms with van der Waals surface area (Å²) in [6.45, 7) is 0. The van der Waals surface area contributed by atoms with Crippen molar-refractivity contribution in [2.24, 2.45) is 0 Å². The van der Waals surface area contributed by atoms with Gasteiger partial charge in [0.15, 0.2) is 0 Å². The van der Waals surface area contributed by atoms with Crippen LogP contribution in [0.4, 0.5) is 11.4 Å². The lowest BCUT2D eigenvalue weighted by Gasteiger charge is -2.09. The minimum absolute atomic E-state index is 0.0152. The first-order valence-electron chi connectivity index (χ1n) is 5.59. The molecule has 21 heavy (non-hydrogen) atoms. The van der Waals surface area contributed by atoms with E-state index < -0.39 is 10.8 Å². The summed E-state index contributed by atoms with van der Waals surface area (Å²) in [6, 6.07) is 9.23. The number of benzene rings is 2. The summed E-state index contributed by atoms with van der Waals surface area (Å²) in [5, 5.41) is 13.5. The van der Waals surface area contributed by atoms with E-state index in [9.17, 15) is 14.9 Å². The molecule has 2 rings (SSSR count). The van der Waals surface area contributed by atoms with Crippen LogP contribution in [-0.2, 0) is 0 Å². The second-order valence-electron chi connectivity index (χ2n) is 3.97. The molecule has 0 aromatic heterocycles. The van der Waals surface area contributed by atoms with Gasteiger partial charge in [-0.25, -0.2) is 0 Å². The van der Waals surface area contributed by atoms with Crippen LogP contribution in [0.2, 0.25) is 5.02 Å². The molecule has 1 N–H and O–H groups in total. The number of nitro groups is 1. The fourth-order valence-electron chi connectivity index (χ4n) is 1.60. The number of nitro benzene ring substituents is 1. The molecule has 108 valence electrons. The Morgan fingerprint density at radius 3 is 2.38 bits per heavy atom. The van der Waals surface area contributed by atoms with Crippen LogP contribution in [0, 0.1) is 10.1 Å². The highest BCUT2D eigenvalue weighted by Crippen LogP contribution is 2.31. The van der Waals surface area contributed by atoms with E-state index in [0.29, 0.717) is 14.6 Å². The minimum atomic E-state index is -0.631. The molecule has 0 aliphatic carbocycles. The van der Waals surface area contributed by atoms with Gasteiger partial charge in [-0.3, -0.25) is 14.9 Å². The molecule has 0 aliphatic heterocycles. The number of rotatable bonds is 3. The van der Waals surface area contributed by atoms with E-state index in [2.05, 4.69) is 37.2 Å². The van der Waals surface area contributed by atoms with Gasteiger partial charge in [-0.15, -0.1) is 0 Å². The highest BCUT2D eigenvalue weighted by molar-refractivity contribution is 9.11. The molecule has 2 aromatic carbocycles. The second-order valence-corrected chi connectivity index (χ2v) is 6.09. The van der Waals surface area contributed by atoms with Crippen molar-refractivity contribution in [2.45, 2.75) is 0 Å². The summed E-state index contributed by atoms with van der Waals surface area (Å²) in [4.78, 5) is 22.4. The summed E-state index contributed by atoms with van der Waals surface area (Å²) >= 11 is 12.4. The molecule has 0 bridgehead atoms. The van der Waals surface area contributed by atoms with Gasteiger partial charge in [-0.2, -0.15) is 0 Å². The van der Waals surface area contributed by atoms with Crippen molar-refractivity contribution in [1.82, 2.24) is 0 Å².